The van der Waals surface area contributed by atoms with Gasteiger partial charge in [-0.15, -0.1) is 0 Å². The molecule has 0 saturated heterocycles. The van der Waals surface area contributed by atoms with Crippen molar-refractivity contribution in [2.75, 3.05) is 7.05 Å². The van der Waals surface area contributed by atoms with Crippen LogP contribution in [0, 0.1) is 11.6 Å². The Kier molecular flexibility index (Phi) is 3.44. The third-order valence-electron chi connectivity index (χ3n) is 2.43. The first-order chi connectivity index (χ1) is 8.20. The summed E-state index contributed by atoms with van der Waals surface area (Å²) in [5, 5.41) is 2.99. The number of halogens is 2. The van der Waals surface area contributed by atoms with Crippen LogP contribution in [0.2, 0.25) is 0 Å². The van der Waals surface area contributed by atoms with Gasteiger partial charge < -0.3 is 5.32 Å². The van der Waals surface area contributed by atoms with Crippen LogP contribution in [0.1, 0.15) is 5.69 Å². The molecule has 2 nitrogen and oxygen atoms in total. The van der Waals surface area contributed by atoms with Crippen LogP contribution in [0.3, 0.4) is 0 Å². The number of rotatable bonds is 3. The molecule has 4 heteroatoms. The number of aromatic nitrogens is 1. The van der Waals surface area contributed by atoms with Crippen molar-refractivity contribution in [1.29, 1.82) is 0 Å². The predicted molar refractivity (Wildman–Crippen MR) is 62.4 cm³/mol. The zero-order chi connectivity index (χ0) is 12.3. The van der Waals surface area contributed by atoms with Gasteiger partial charge in [0.2, 0.25) is 0 Å². The number of pyridine rings is 1. The van der Waals surface area contributed by atoms with Crippen molar-refractivity contribution >= 4 is 0 Å². The average molecular weight is 234 g/mol. The van der Waals surface area contributed by atoms with E-state index in [4.69, 9.17) is 0 Å². The van der Waals surface area contributed by atoms with Gasteiger partial charge in [-0.05, 0) is 42.4 Å². The summed E-state index contributed by atoms with van der Waals surface area (Å²) in [5.74, 6) is -1.67. The highest BCUT2D eigenvalue weighted by atomic mass is 19.2. The largest absolute Gasteiger partial charge is 0.314 e. The molecule has 1 heterocycles. The van der Waals surface area contributed by atoms with E-state index in [1.807, 2.05) is 13.1 Å². The molecule has 1 aromatic carbocycles. The van der Waals surface area contributed by atoms with E-state index in [0.717, 1.165) is 17.3 Å². The smallest absolute Gasteiger partial charge is 0.159 e. The fourth-order valence-electron chi connectivity index (χ4n) is 1.61. The number of hydrogen-bond donors (Lipinski definition) is 1. The van der Waals surface area contributed by atoms with E-state index in [1.54, 1.807) is 18.3 Å². The molecule has 0 aliphatic carbocycles. The second kappa shape index (κ2) is 5.01. The van der Waals surface area contributed by atoms with Gasteiger partial charge in [-0.3, -0.25) is 4.98 Å². The van der Waals surface area contributed by atoms with Crippen molar-refractivity contribution in [3.8, 4) is 11.1 Å². The molecule has 0 bridgehead atoms. The maximum absolute atomic E-state index is 13.1. The Labute approximate surface area is 98.3 Å². The molecule has 0 radical (unpaired) electrons. The minimum atomic E-state index is -0.838. The molecule has 0 spiro atoms. The molecule has 0 saturated carbocycles. The maximum Gasteiger partial charge on any atom is 0.159 e. The summed E-state index contributed by atoms with van der Waals surface area (Å²) >= 11 is 0. The topological polar surface area (TPSA) is 24.9 Å². The molecule has 1 N–H and O–H groups in total. The third kappa shape index (κ3) is 2.65. The van der Waals surface area contributed by atoms with Gasteiger partial charge in [0.1, 0.15) is 0 Å². The minimum absolute atomic E-state index is 0.636. The van der Waals surface area contributed by atoms with Crippen molar-refractivity contribution in [2.24, 2.45) is 0 Å². The van der Waals surface area contributed by atoms with Crippen LogP contribution in [0.15, 0.2) is 36.5 Å². The van der Waals surface area contributed by atoms with Crippen LogP contribution in [-0.2, 0) is 6.54 Å². The van der Waals surface area contributed by atoms with Crippen LogP contribution in [0.4, 0.5) is 8.78 Å². The highest BCUT2D eigenvalue weighted by molar-refractivity contribution is 5.63. The van der Waals surface area contributed by atoms with Gasteiger partial charge >= 0.3 is 0 Å². The fourth-order valence-corrected chi connectivity index (χ4v) is 1.61. The molecule has 0 amide bonds. The average Bonchev–Trinajstić information content (AvgIpc) is 2.33. The van der Waals surface area contributed by atoms with E-state index in [0.29, 0.717) is 12.1 Å². The summed E-state index contributed by atoms with van der Waals surface area (Å²) in [7, 11) is 1.83. The van der Waals surface area contributed by atoms with Crippen LogP contribution < -0.4 is 5.32 Å². The molecule has 0 aliphatic rings. The quantitative estimate of drug-likeness (QED) is 0.883. The van der Waals surface area contributed by atoms with Crippen LogP contribution >= 0.6 is 0 Å². The van der Waals surface area contributed by atoms with E-state index < -0.39 is 11.6 Å². The van der Waals surface area contributed by atoms with Crippen LogP contribution in [0.25, 0.3) is 11.1 Å². The lowest BCUT2D eigenvalue weighted by atomic mass is 10.1. The monoisotopic (exact) mass is 234 g/mol. The van der Waals surface area contributed by atoms with Gasteiger partial charge in [0.15, 0.2) is 11.6 Å². The highest BCUT2D eigenvalue weighted by Gasteiger charge is 2.05. The Balaban J connectivity index is 2.38. The van der Waals surface area contributed by atoms with E-state index >= 15 is 0 Å². The first-order valence-electron chi connectivity index (χ1n) is 5.25. The third-order valence-corrected chi connectivity index (χ3v) is 2.43. The molecule has 2 rings (SSSR count). The first kappa shape index (κ1) is 11.7. The lowest BCUT2D eigenvalue weighted by Crippen LogP contribution is -2.06. The Bertz CT molecular complexity index is 527. The van der Waals surface area contributed by atoms with E-state index in [2.05, 4.69) is 10.3 Å². The summed E-state index contributed by atoms with van der Waals surface area (Å²) in [6.07, 6.45) is 1.66. The van der Waals surface area contributed by atoms with Crippen molar-refractivity contribution in [3.05, 3.63) is 53.9 Å². The molecule has 0 fully saturated rings. The van der Waals surface area contributed by atoms with Crippen molar-refractivity contribution in [3.63, 3.8) is 0 Å². The molecule has 2 aromatic rings. The number of benzene rings is 1. The minimum Gasteiger partial charge on any atom is -0.314 e. The van der Waals surface area contributed by atoms with Crippen LogP contribution in [0.5, 0.6) is 0 Å². The molecular formula is C13H12F2N2. The summed E-state index contributed by atoms with van der Waals surface area (Å²) in [6.45, 7) is 0.636. The maximum atomic E-state index is 13.1. The SMILES string of the molecule is CNCc1cc(-c2ccc(F)c(F)c2)ccn1. The second-order valence-electron chi connectivity index (χ2n) is 3.70. The first-order valence-corrected chi connectivity index (χ1v) is 5.25. The van der Waals surface area contributed by atoms with Gasteiger partial charge in [-0.2, -0.15) is 0 Å². The Morgan fingerprint density at radius 2 is 1.82 bits per heavy atom. The lowest BCUT2D eigenvalue weighted by molar-refractivity contribution is 0.509. The predicted octanol–water partition coefficient (Wildman–Crippen LogP) is 2.75. The highest BCUT2D eigenvalue weighted by Crippen LogP contribution is 2.21. The van der Waals surface area contributed by atoms with E-state index in [-0.39, 0.29) is 0 Å². The molecule has 0 unspecified atom stereocenters. The van der Waals surface area contributed by atoms with Crippen molar-refractivity contribution in [1.82, 2.24) is 10.3 Å². The second-order valence-corrected chi connectivity index (χ2v) is 3.70. The molecule has 1 aromatic heterocycles. The number of nitrogens with one attached hydrogen (secondary N) is 1. The Hall–Kier alpha value is -1.81. The van der Waals surface area contributed by atoms with Gasteiger partial charge in [0.25, 0.3) is 0 Å². The molecule has 17 heavy (non-hydrogen) atoms. The fraction of sp³-hybridized carbons (Fsp3) is 0.154. The Morgan fingerprint density at radius 1 is 1.06 bits per heavy atom. The van der Waals surface area contributed by atoms with Gasteiger partial charge in [-0.25, -0.2) is 8.78 Å². The van der Waals surface area contributed by atoms with Gasteiger partial charge in [-0.1, -0.05) is 6.07 Å². The normalized spacial score (nSPS) is 10.5. The number of nitrogens with zero attached hydrogens (tertiary/aromatic N) is 1. The Morgan fingerprint density at radius 3 is 2.53 bits per heavy atom. The van der Waals surface area contributed by atoms with E-state index in [9.17, 15) is 8.78 Å². The van der Waals surface area contributed by atoms with Crippen molar-refractivity contribution < 1.29 is 8.78 Å². The summed E-state index contributed by atoms with van der Waals surface area (Å²) in [5.41, 5.74) is 2.32. The standard InChI is InChI=1S/C13H12F2N2/c1-16-8-11-6-10(4-5-17-11)9-2-3-12(14)13(15)7-9/h2-7,16H,8H2,1H3. The summed E-state index contributed by atoms with van der Waals surface area (Å²) in [4.78, 5) is 4.16. The molecule has 0 aliphatic heterocycles. The number of hydrogen-bond acceptors (Lipinski definition) is 2. The lowest BCUT2D eigenvalue weighted by Gasteiger charge is -2.05. The summed E-state index contributed by atoms with van der Waals surface area (Å²) < 4.78 is 25.9. The van der Waals surface area contributed by atoms with E-state index in [1.165, 1.54) is 6.07 Å². The molecule has 0 atom stereocenters. The van der Waals surface area contributed by atoms with Crippen molar-refractivity contribution in [2.45, 2.75) is 6.54 Å². The molecular weight excluding hydrogens is 222 g/mol. The summed E-state index contributed by atoms with van der Waals surface area (Å²) in [6, 6.07) is 7.49. The van der Waals surface area contributed by atoms with Gasteiger partial charge in [0, 0.05) is 12.7 Å². The van der Waals surface area contributed by atoms with Gasteiger partial charge in [0.05, 0.1) is 5.69 Å². The zero-order valence-electron chi connectivity index (χ0n) is 9.37. The molecule has 88 valence electrons. The zero-order valence-corrected chi connectivity index (χ0v) is 9.37. The van der Waals surface area contributed by atoms with Crippen LogP contribution in [-0.4, -0.2) is 12.0 Å².